The van der Waals surface area contributed by atoms with E-state index in [2.05, 4.69) is 20.8 Å². The average molecular weight is 194 g/mol. The maximum absolute atomic E-state index is 11.4. The van der Waals surface area contributed by atoms with Crippen LogP contribution in [-0.2, 0) is 11.3 Å². The monoisotopic (exact) mass is 194 g/mol. The number of carbonyl (C=O) groups is 1. The number of carbonyl (C=O) groups excluding carboxylic acids is 1. The Morgan fingerprint density at radius 2 is 2.50 bits per heavy atom. The van der Waals surface area contributed by atoms with Crippen molar-refractivity contribution in [3.05, 3.63) is 17.5 Å². The lowest BCUT2D eigenvalue weighted by molar-refractivity contribution is -0.126. The van der Waals surface area contributed by atoms with Gasteiger partial charge in [-0.3, -0.25) is 9.89 Å². The first-order valence-corrected chi connectivity index (χ1v) is 4.75. The van der Waals surface area contributed by atoms with Crippen LogP contribution < -0.4 is 10.6 Å². The van der Waals surface area contributed by atoms with Gasteiger partial charge >= 0.3 is 0 Å². The van der Waals surface area contributed by atoms with E-state index in [-0.39, 0.29) is 11.8 Å². The van der Waals surface area contributed by atoms with Crippen LogP contribution >= 0.6 is 0 Å². The molecule has 1 aliphatic rings. The first-order valence-electron chi connectivity index (χ1n) is 4.75. The minimum absolute atomic E-state index is 0.115. The summed E-state index contributed by atoms with van der Waals surface area (Å²) >= 11 is 0. The molecule has 1 aromatic rings. The van der Waals surface area contributed by atoms with Gasteiger partial charge in [0, 0.05) is 18.8 Å². The molecular formula is C9H14N4O. The summed E-state index contributed by atoms with van der Waals surface area (Å²) < 4.78 is 0. The second kappa shape index (κ2) is 3.79. The molecule has 0 unspecified atom stereocenters. The van der Waals surface area contributed by atoms with Crippen LogP contribution in [0.5, 0.6) is 0 Å². The van der Waals surface area contributed by atoms with E-state index in [1.165, 1.54) is 0 Å². The quantitative estimate of drug-likeness (QED) is 0.610. The van der Waals surface area contributed by atoms with Crippen LogP contribution in [0.15, 0.2) is 6.07 Å². The van der Waals surface area contributed by atoms with E-state index >= 15 is 0 Å². The van der Waals surface area contributed by atoms with Gasteiger partial charge in [0.15, 0.2) is 0 Å². The van der Waals surface area contributed by atoms with Crippen molar-refractivity contribution >= 4 is 5.91 Å². The Morgan fingerprint density at radius 1 is 1.71 bits per heavy atom. The van der Waals surface area contributed by atoms with E-state index in [0.29, 0.717) is 6.54 Å². The Kier molecular flexibility index (Phi) is 2.49. The summed E-state index contributed by atoms with van der Waals surface area (Å²) in [7, 11) is 0. The Balaban J connectivity index is 1.79. The molecule has 2 heterocycles. The van der Waals surface area contributed by atoms with Crippen molar-refractivity contribution in [2.24, 2.45) is 5.92 Å². The zero-order valence-corrected chi connectivity index (χ0v) is 8.13. The smallest absolute Gasteiger partial charge is 0.226 e. The predicted molar refractivity (Wildman–Crippen MR) is 51.5 cm³/mol. The molecule has 3 N–H and O–H groups in total. The molecule has 0 aliphatic carbocycles. The van der Waals surface area contributed by atoms with Crippen LogP contribution in [0.2, 0.25) is 0 Å². The number of amides is 1. The number of hydrogen-bond acceptors (Lipinski definition) is 3. The number of hydrogen-bond donors (Lipinski definition) is 3. The van der Waals surface area contributed by atoms with Gasteiger partial charge in [0.25, 0.3) is 0 Å². The summed E-state index contributed by atoms with van der Waals surface area (Å²) in [6, 6.07) is 1.93. The van der Waals surface area contributed by atoms with Gasteiger partial charge < -0.3 is 10.6 Å². The fourth-order valence-electron chi connectivity index (χ4n) is 1.36. The molecule has 1 aliphatic heterocycles. The highest BCUT2D eigenvalue weighted by Gasteiger charge is 2.24. The van der Waals surface area contributed by atoms with Gasteiger partial charge in [0.2, 0.25) is 5.91 Å². The van der Waals surface area contributed by atoms with E-state index in [1.807, 2.05) is 13.0 Å². The van der Waals surface area contributed by atoms with Crippen molar-refractivity contribution in [1.82, 2.24) is 20.8 Å². The number of aromatic nitrogens is 2. The molecule has 1 aromatic heterocycles. The van der Waals surface area contributed by atoms with Crippen molar-refractivity contribution in [3.8, 4) is 0 Å². The van der Waals surface area contributed by atoms with Gasteiger partial charge in [-0.2, -0.15) is 5.10 Å². The molecule has 1 amide bonds. The Hall–Kier alpha value is -1.36. The third-order valence-electron chi connectivity index (χ3n) is 2.35. The third kappa shape index (κ3) is 1.93. The maximum atomic E-state index is 11.4. The number of nitrogens with zero attached hydrogens (tertiary/aromatic N) is 1. The average Bonchev–Trinajstić information content (AvgIpc) is 2.45. The topological polar surface area (TPSA) is 69.8 Å². The van der Waals surface area contributed by atoms with Crippen LogP contribution in [0.1, 0.15) is 11.4 Å². The van der Waals surface area contributed by atoms with E-state index in [9.17, 15) is 4.79 Å². The number of rotatable bonds is 3. The zero-order valence-electron chi connectivity index (χ0n) is 8.13. The molecule has 0 spiro atoms. The van der Waals surface area contributed by atoms with Crippen LogP contribution in [0.4, 0.5) is 0 Å². The summed E-state index contributed by atoms with van der Waals surface area (Å²) in [5.74, 6) is 0.263. The van der Waals surface area contributed by atoms with Gasteiger partial charge in [-0.25, -0.2) is 0 Å². The van der Waals surface area contributed by atoms with Crippen molar-refractivity contribution in [2.45, 2.75) is 13.5 Å². The largest absolute Gasteiger partial charge is 0.350 e. The second-order valence-electron chi connectivity index (χ2n) is 3.62. The van der Waals surface area contributed by atoms with E-state index in [1.54, 1.807) is 0 Å². The number of nitrogens with one attached hydrogen (secondary N) is 3. The highest BCUT2D eigenvalue weighted by atomic mass is 16.2. The van der Waals surface area contributed by atoms with E-state index in [4.69, 9.17) is 0 Å². The lowest BCUT2D eigenvalue weighted by Gasteiger charge is -2.25. The van der Waals surface area contributed by atoms with Gasteiger partial charge in [0.05, 0.1) is 18.2 Å². The van der Waals surface area contributed by atoms with Crippen LogP contribution in [0.3, 0.4) is 0 Å². The van der Waals surface area contributed by atoms with Gasteiger partial charge in [0.1, 0.15) is 0 Å². The van der Waals surface area contributed by atoms with Gasteiger partial charge in [-0.15, -0.1) is 0 Å². The van der Waals surface area contributed by atoms with Crippen molar-refractivity contribution < 1.29 is 4.79 Å². The predicted octanol–water partition coefficient (Wildman–Crippen LogP) is -0.446. The molecule has 0 saturated carbocycles. The van der Waals surface area contributed by atoms with Crippen molar-refractivity contribution in [2.75, 3.05) is 13.1 Å². The first kappa shape index (κ1) is 9.21. The minimum Gasteiger partial charge on any atom is -0.350 e. The Bertz CT molecular complexity index is 329. The van der Waals surface area contributed by atoms with E-state index in [0.717, 1.165) is 24.5 Å². The molecule has 14 heavy (non-hydrogen) atoms. The lowest BCUT2D eigenvalue weighted by atomic mass is 10.0. The molecule has 0 atom stereocenters. The minimum atomic E-state index is 0.115. The molecule has 0 aromatic carbocycles. The van der Waals surface area contributed by atoms with Crippen molar-refractivity contribution in [1.29, 1.82) is 0 Å². The second-order valence-corrected chi connectivity index (χ2v) is 3.62. The highest BCUT2D eigenvalue weighted by molar-refractivity contribution is 5.79. The van der Waals surface area contributed by atoms with Crippen molar-refractivity contribution in [3.63, 3.8) is 0 Å². The molecular weight excluding hydrogens is 180 g/mol. The zero-order chi connectivity index (χ0) is 9.97. The number of aryl methyl sites for hydroxylation is 1. The molecule has 76 valence electrons. The fourth-order valence-corrected chi connectivity index (χ4v) is 1.36. The molecule has 1 saturated heterocycles. The van der Waals surface area contributed by atoms with Gasteiger partial charge in [-0.05, 0) is 13.0 Å². The summed E-state index contributed by atoms with van der Waals surface area (Å²) in [5, 5.41) is 12.8. The Labute approximate surface area is 82.3 Å². The molecule has 0 bridgehead atoms. The molecule has 5 heteroatoms. The lowest BCUT2D eigenvalue weighted by Crippen LogP contribution is -2.50. The van der Waals surface area contributed by atoms with Crippen LogP contribution in [0.25, 0.3) is 0 Å². The normalized spacial score (nSPS) is 16.4. The summed E-state index contributed by atoms with van der Waals surface area (Å²) in [4.78, 5) is 11.4. The summed E-state index contributed by atoms with van der Waals surface area (Å²) in [5.41, 5.74) is 1.89. The van der Waals surface area contributed by atoms with E-state index < -0.39 is 0 Å². The molecule has 2 rings (SSSR count). The molecule has 1 fully saturated rings. The third-order valence-corrected chi connectivity index (χ3v) is 2.35. The SMILES string of the molecule is Cc1cc(CNC(=O)C2CNC2)n[nH]1. The summed E-state index contributed by atoms with van der Waals surface area (Å²) in [6.45, 7) is 4.05. The summed E-state index contributed by atoms with van der Waals surface area (Å²) in [6.07, 6.45) is 0. The van der Waals surface area contributed by atoms with Gasteiger partial charge in [-0.1, -0.05) is 0 Å². The molecule has 0 radical (unpaired) electrons. The van der Waals surface area contributed by atoms with Crippen LogP contribution in [-0.4, -0.2) is 29.2 Å². The maximum Gasteiger partial charge on any atom is 0.226 e. The fraction of sp³-hybridized carbons (Fsp3) is 0.556. The molecule has 5 nitrogen and oxygen atoms in total. The first-order chi connectivity index (χ1) is 6.75. The Morgan fingerprint density at radius 3 is 3.00 bits per heavy atom. The standard InChI is InChI=1S/C9H14N4O/c1-6-2-8(13-12-6)5-11-9(14)7-3-10-4-7/h2,7,10H,3-5H2,1H3,(H,11,14)(H,12,13). The van der Waals surface area contributed by atoms with Crippen LogP contribution in [0, 0.1) is 12.8 Å². The highest BCUT2D eigenvalue weighted by Crippen LogP contribution is 2.03. The number of aromatic amines is 1. The number of H-pyrrole nitrogens is 1.